The molecule has 0 unspecified atom stereocenters. The topological polar surface area (TPSA) is 3.24 Å². The molecule has 0 atom stereocenters. The molecule has 0 radical (unpaired) electrons. The van der Waals surface area contributed by atoms with Crippen molar-refractivity contribution < 1.29 is 22.0 Å². The third kappa shape index (κ3) is 2.21. The van der Waals surface area contributed by atoms with Crippen LogP contribution in [0.3, 0.4) is 0 Å². The highest BCUT2D eigenvalue weighted by Gasteiger charge is 2.26. The molecule has 20 heavy (non-hydrogen) atoms. The van der Waals surface area contributed by atoms with E-state index in [1.165, 1.54) is 24.3 Å². The number of anilines is 1. The highest BCUT2D eigenvalue weighted by atomic mass is 19.2. The summed E-state index contributed by atoms with van der Waals surface area (Å²) in [6.45, 7) is 0. The maximum Gasteiger partial charge on any atom is 0.200 e. The minimum Gasteiger partial charge on any atom is -0.378 e. The third-order valence-corrected chi connectivity index (χ3v) is 2.88. The van der Waals surface area contributed by atoms with Gasteiger partial charge in [-0.1, -0.05) is 12.1 Å². The van der Waals surface area contributed by atoms with E-state index in [4.69, 9.17) is 0 Å². The fourth-order valence-electron chi connectivity index (χ4n) is 1.78. The molecule has 0 aliphatic heterocycles. The second-order valence-electron chi connectivity index (χ2n) is 4.39. The van der Waals surface area contributed by atoms with Gasteiger partial charge < -0.3 is 4.90 Å². The fourth-order valence-corrected chi connectivity index (χ4v) is 1.78. The van der Waals surface area contributed by atoms with Gasteiger partial charge in [-0.15, -0.1) is 0 Å². The van der Waals surface area contributed by atoms with Gasteiger partial charge in [-0.2, -0.15) is 0 Å². The fraction of sp³-hybridized carbons (Fsp3) is 0.143. The zero-order valence-electron chi connectivity index (χ0n) is 10.6. The van der Waals surface area contributed by atoms with Crippen LogP contribution in [0.1, 0.15) is 0 Å². The van der Waals surface area contributed by atoms with Crippen LogP contribution in [0, 0.1) is 29.1 Å². The predicted molar refractivity (Wildman–Crippen MR) is 66.0 cm³/mol. The van der Waals surface area contributed by atoms with Gasteiger partial charge in [-0.3, -0.25) is 0 Å². The van der Waals surface area contributed by atoms with Gasteiger partial charge in [0.25, 0.3) is 0 Å². The van der Waals surface area contributed by atoms with E-state index in [1.807, 2.05) is 0 Å². The van der Waals surface area contributed by atoms with Crippen LogP contribution in [-0.2, 0) is 0 Å². The number of hydrogen-bond donors (Lipinski definition) is 0. The molecule has 0 heterocycles. The summed E-state index contributed by atoms with van der Waals surface area (Å²) in [6, 6.07) is 5.64. The van der Waals surface area contributed by atoms with Crippen LogP contribution >= 0.6 is 0 Å². The van der Waals surface area contributed by atoms with Crippen molar-refractivity contribution in [1.29, 1.82) is 0 Å². The monoisotopic (exact) mass is 287 g/mol. The Morgan fingerprint density at radius 1 is 0.650 bits per heavy atom. The first-order chi connectivity index (χ1) is 9.34. The lowest BCUT2D eigenvalue weighted by atomic mass is 10.0. The molecule has 1 nitrogen and oxygen atoms in total. The molecule has 0 amide bonds. The Bertz CT molecular complexity index is 621. The minimum atomic E-state index is -2.16. The van der Waals surface area contributed by atoms with Crippen molar-refractivity contribution >= 4 is 5.69 Å². The van der Waals surface area contributed by atoms with E-state index in [0.29, 0.717) is 0 Å². The van der Waals surface area contributed by atoms with Gasteiger partial charge in [0.1, 0.15) is 0 Å². The van der Waals surface area contributed by atoms with E-state index in [1.54, 1.807) is 19.0 Å². The molecule has 0 spiro atoms. The molecule has 2 rings (SSSR count). The highest BCUT2D eigenvalue weighted by molar-refractivity contribution is 5.67. The van der Waals surface area contributed by atoms with E-state index < -0.39 is 34.6 Å². The zero-order chi connectivity index (χ0) is 15.0. The Hall–Kier alpha value is -2.11. The number of halogens is 5. The number of benzene rings is 2. The SMILES string of the molecule is CN(C)c1ccc(-c2c(F)c(F)c(F)c(F)c2F)cc1. The van der Waals surface area contributed by atoms with Crippen LogP contribution in [0.2, 0.25) is 0 Å². The van der Waals surface area contributed by atoms with Crippen molar-refractivity contribution in [3.8, 4) is 11.1 Å². The molecule has 0 aliphatic carbocycles. The second-order valence-corrected chi connectivity index (χ2v) is 4.39. The molecule has 2 aromatic carbocycles. The van der Waals surface area contributed by atoms with Crippen molar-refractivity contribution in [2.24, 2.45) is 0 Å². The molecule has 0 aromatic heterocycles. The molecule has 0 N–H and O–H groups in total. The lowest BCUT2D eigenvalue weighted by Crippen LogP contribution is -2.08. The Morgan fingerprint density at radius 3 is 1.45 bits per heavy atom. The lowest BCUT2D eigenvalue weighted by Gasteiger charge is -2.13. The van der Waals surface area contributed by atoms with Crippen molar-refractivity contribution in [2.45, 2.75) is 0 Å². The Labute approximate surface area is 112 Å². The van der Waals surface area contributed by atoms with Gasteiger partial charge in [-0.05, 0) is 17.7 Å². The number of rotatable bonds is 2. The second kappa shape index (κ2) is 5.11. The summed E-state index contributed by atoms with van der Waals surface area (Å²) in [5.74, 6) is -9.72. The molecular weight excluding hydrogens is 277 g/mol. The van der Waals surface area contributed by atoms with Gasteiger partial charge in [0, 0.05) is 19.8 Å². The van der Waals surface area contributed by atoms with Crippen LogP contribution in [0.4, 0.5) is 27.6 Å². The molecule has 0 aliphatic rings. The van der Waals surface area contributed by atoms with E-state index in [-0.39, 0.29) is 5.56 Å². The maximum absolute atomic E-state index is 13.6. The van der Waals surface area contributed by atoms with Crippen LogP contribution < -0.4 is 4.90 Å². The predicted octanol–water partition coefficient (Wildman–Crippen LogP) is 4.12. The number of nitrogens with zero attached hydrogens (tertiary/aromatic N) is 1. The normalized spacial score (nSPS) is 10.8. The summed E-state index contributed by atoms with van der Waals surface area (Å²) < 4.78 is 66.4. The molecule has 0 saturated heterocycles. The van der Waals surface area contributed by atoms with Crippen molar-refractivity contribution in [3.63, 3.8) is 0 Å². The first-order valence-corrected chi connectivity index (χ1v) is 5.63. The van der Waals surface area contributed by atoms with Crippen LogP contribution in [0.5, 0.6) is 0 Å². The summed E-state index contributed by atoms with van der Waals surface area (Å²) in [5, 5.41) is 0. The molecular formula is C14H10F5N. The van der Waals surface area contributed by atoms with Gasteiger partial charge in [0.15, 0.2) is 23.3 Å². The molecule has 2 aromatic rings. The Balaban J connectivity index is 2.64. The third-order valence-electron chi connectivity index (χ3n) is 2.88. The standard InChI is InChI=1S/C14H10F5N/c1-20(2)8-5-3-7(4-6-8)9-10(15)12(17)14(19)13(18)11(9)16/h3-6H,1-2H3. The average Bonchev–Trinajstić information content (AvgIpc) is 2.44. The first kappa shape index (κ1) is 14.3. The van der Waals surface area contributed by atoms with Crippen molar-refractivity contribution in [2.75, 3.05) is 19.0 Å². The summed E-state index contributed by atoms with van der Waals surface area (Å²) in [7, 11) is 3.51. The van der Waals surface area contributed by atoms with Gasteiger partial charge in [0.05, 0.1) is 5.56 Å². The van der Waals surface area contributed by atoms with E-state index >= 15 is 0 Å². The smallest absolute Gasteiger partial charge is 0.200 e. The molecule has 106 valence electrons. The zero-order valence-corrected chi connectivity index (χ0v) is 10.6. The van der Waals surface area contributed by atoms with Gasteiger partial charge in [0.2, 0.25) is 5.82 Å². The van der Waals surface area contributed by atoms with Crippen molar-refractivity contribution in [1.82, 2.24) is 0 Å². The van der Waals surface area contributed by atoms with Gasteiger partial charge >= 0.3 is 0 Å². The van der Waals surface area contributed by atoms with Crippen LogP contribution in [-0.4, -0.2) is 14.1 Å². The Morgan fingerprint density at radius 2 is 1.05 bits per heavy atom. The molecule has 0 saturated carbocycles. The Kier molecular flexibility index (Phi) is 3.65. The van der Waals surface area contributed by atoms with Gasteiger partial charge in [-0.25, -0.2) is 22.0 Å². The largest absolute Gasteiger partial charge is 0.378 e. The van der Waals surface area contributed by atoms with Crippen LogP contribution in [0.25, 0.3) is 11.1 Å². The van der Waals surface area contributed by atoms with E-state index in [2.05, 4.69) is 0 Å². The quantitative estimate of drug-likeness (QED) is 0.456. The molecule has 0 bridgehead atoms. The molecule has 0 fully saturated rings. The number of hydrogen-bond acceptors (Lipinski definition) is 1. The lowest BCUT2D eigenvalue weighted by molar-refractivity contribution is 0.381. The first-order valence-electron chi connectivity index (χ1n) is 5.63. The average molecular weight is 287 g/mol. The highest BCUT2D eigenvalue weighted by Crippen LogP contribution is 2.32. The summed E-state index contributed by atoms with van der Waals surface area (Å²) in [6.07, 6.45) is 0. The van der Waals surface area contributed by atoms with Crippen molar-refractivity contribution in [3.05, 3.63) is 53.4 Å². The van der Waals surface area contributed by atoms with E-state index in [0.717, 1.165) is 5.69 Å². The minimum absolute atomic E-state index is 0.0802. The maximum atomic E-state index is 13.6. The van der Waals surface area contributed by atoms with E-state index in [9.17, 15) is 22.0 Å². The summed E-state index contributed by atoms with van der Waals surface area (Å²) in [4.78, 5) is 1.74. The molecule has 6 heteroatoms. The van der Waals surface area contributed by atoms with Crippen LogP contribution in [0.15, 0.2) is 24.3 Å². The summed E-state index contributed by atoms with van der Waals surface area (Å²) >= 11 is 0. The summed E-state index contributed by atoms with van der Waals surface area (Å²) in [5.41, 5.74) is -0.271.